The standard InChI is InChI=1S/C26H28Cl2F2N2O5/c1-35-13-16-12-25(31-23(33)14-36-17-2-4-19(27)21(29)10-17)6-8-26(16,9-7-25)32-24(34)15-37-18-3-5-20(28)22(30)11-18/h2-5,10-11,16H,6-9,12-15H2,1H3,(H,31,33)(H,32,34). The summed E-state index contributed by atoms with van der Waals surface area (Å²) in [7, 11) is 1.60. The number of rotatable bonds is 10. The Morgan fingerprint density at radius 1 is 0.892 bits per heavy atom. The van der Waals surface area contributed by atoms with E-state index < -0.39 is 22.7 Å². The van der Waals surface area contributed by atoms with E-state index in [1.165, 1.54) is 24.3 Å². The minimum atomic E-state index is -0.623. The second kappa shape index (κ2) is 11.4. The van der Waals surface area contributed by atoms with Crippen LogP contribution in [0.25, 0.3) is 0 Å². The van der Waals surface area contributed by atoms with Gasteiger partial charge in [-0.2, -0.15) is 0 Å². The van der Waals surface area contributed by atoms with Gasteiger partial charge in [0.25, 0.3) is 11.8 Å². The predicted octanol–water partition coefficient (Wildman–Crippen LogP) is 4.68. The van der Waals surface area contributed by atoms with Crippen LogP contribution in [-0.2, 0) is 14.3 Å². The van der Waals surface area contributed by atoms with Crippen molar-refractivity contribution in [3.8, 4) is 11.5 Å². The number of benzene rings is 2. The van der Waals surface area contributed by atoms with Crippen LogP contribution in [0, 0.1) is 17.6 Å². The minimum Gasteiger partial charge on any atom is -0.484 e. The molecule has 7 nitrogen and oxygen atoms in total. The Bertz CT molecular complexity index is 1160. The van der Waals surface area contributed by atoms with Crippen LogP contribution in [0.1, 0.15) is 32.1 Å². The van der Waals surface area contributed by atoms with E-state index in [2.05, 4.69) is 10.6 Å². The summed E-state index contributed by atoms with van der Waals surface area (Å²) in [6.45, 7) is -0.128. The number of fused-ring (bicyclic) bond motifs is 3. The molecule has 0 aromatic heterocycles. The van der Waals surface area contributed by atoms with Gasteiger partial charge in [0.1, 0.15) is 23.1 Å². The third kappa shape index (κ3) is 6.45. The van der Waals surface area contributed by atoms with Crippen molar-refractivity contribution in [3.63, 3.8) is 0 Å². The number of halogens is 4. The van der Waals surface area contributed by atoms with E-state index in [9.17, 15) is 18.4 Å². The van der Waals surface area contributed by atoms with E-state index in [-0.39, 0.29) is 52.5 Å². The second-order valence-electron chi connectivity index (χ2n) is 9.62. The highest BCUT2D eigenvalue weighted by Crippen LogP contribution is 2.50. The van der Waals surface area contributed by atoms with Crippen LogP contribution >= 0.6 is 23.2 Å². The molecule has 1 atom stereocenters. The minimum absolute atomic E-state index is 0.0229. The highest BCUT2D eigenvalue weighted by Gasteiger charge is 2.55. The number of amides is 2. The lowest BCUT2D eigenvalue weighted by atomic mass is 9.56. The molecular formula is C26H28Cl2F2N2O5. The van der Waals surface area contributed by atoms with Crippen LogP contribution < -0.4 is 20.1 Å². The molecule has 3 saturated carbocycles. The van der Waals surface area contributed by atoms with Crippen LogP contribution in [0.3, 0.4) is 0 Å². The molecule has 3 fully saturated rings. The molecule has 200 valence electrons. The Balaban J connectivity index is 1.33. The topological polar surface area (TPSA) is 85.9 Å². The van der Waals surface area contributed by atoms with Gasteiger partial charge in [-0.1, -0.05) is 23.2 Å². The molecule has 0 radical (unpaired) electrons. The van der Waals surface area contributed by atoms with Gasteiger partial charge < -0.3 is 24.8 Å². The van der Waals surface area contributed by atoms with Crippen molar-refractivity contribution >= 4 is 35.0 Å². The lowest BCUT2D eigenvalue weighted by molar-refractivity contribution is -0.134. The molecule has 11 heteroatoms. The van der Waals surface area contributed by atoms with Gasteiger partial charge in [0, 0.05) is 36.2 Å². The summed E-state index contributed by atoms with van der Waals surface area (Å²) in [5.74, 6) is -1.49. The van der Waals surface area contributed by atoms with Crippen molar-refractivity contribution < 1.29 is 32.6 Å². The normalized spacial score (nSPS) is 24.4. The number of nitrogens with one attached hydrogen (secondary N) is 2. The van der Waals surface area contributed by atoms with Gasteiger partial charge in [0.15, 0.2) is 13.2 Å². The van der Waals surface area contributed by atoms with Gasteiger partial charge in [-0.15, -0.1) is 0 Å². The van der Waals surface area contributed by atoms with Gasteiger partial charge in [-0.25, -0.2) is 8.78 Å². The van der Waals surface area contributed by atoms with E-state index in [4.69, 9.17) is 37.4 Å². The molecule has 0 heterocycles. The first-order chi connectivity index (χ1) is 17.6. The SMILES string of the molecule is COCC1CC2(NC(=O)COc3ccc(Cl)c(F)c3)CCC1(NC(=O)COc1ccc(Cl)c(F)c1)CC2. The van der Waals surface area contributed by atoms with E-state index in [1.807, 2.05) is 0 Å². The monoisotopic (exact) mass is 556 g/mol. The molecule has 3 aliphatic carbocycles. The van der Waals surface area contributed by atoms with Gasteiger partial charge >= 0.3 is 0 Å². The molecule has 0 saturated heterocycles. The van der Waals surface area contributed by atoms with E-state index in [0.717, 1.165) is 12.1 Å². The molecular weight excluding hydrogens is 529 g/mol. The fourth-order valence-corrected chi connectivity index (χ4v) is 5.59. The van der Waals surface area contributed by atoms with Crippen LogP contribution in [0.5, 0.6) is 11.5 Å². The van der Waals surface area contributed by atoms with Gasteiger partial charge in [-0.05, 0) is 56.4 Å². The van der Waals surface area contributed by atoms with Gasteiger partial charge in [0.2, 0.25) is 0 Å². The van der Waals surface area contributed by atoms with Crippen LogP contribution in [0.15, 0.2) is 36.4 Å². The number of ether oxygens (including phenoxy) is 3. The van der Waals surface area contributed by atoms with E-state index in [1.54, 1.807) is 7.11 Å². The second-order valence-corrected chi connectivity index (χ2v) is 10.4. The summed E-state index contributed by atoms with van der Waals surface area (Å²) in [5.41, 5.74) is -0.940. The van der Waals surface area contributed by atoms with Crippen LogP contribution in [0.4, 0.5) is 8.78 Å². The molecule has 0 aliphatic heterocycles. The maximum atomic E-state index is 13.6. The third-order valence-electron chi connectivity index (χ3n) is 7.20. The zero-order valence-corrected chi connectivity index (χ0v) is 21.8. The number of hydrogen-bond acceptors (Lipinski definition) is 5. The van der Waals surface area contributed by atoms with E-state index >= 15 is 0 Å². The zero-order chi connectivity index (χ0) is 26.6. The smallest absolute Gasteiger partial charge is 0.258 e. The molecule has 1 unspecified atom stereocenters. The Labute approximate surface area is 223 Å². The largest absolute Gasteiger partial charge is 0.484 e. The molecule has 2 N–H and O–H groups in total. The van der Waals surface area contributed by atoms with Gasteiger partial charge in [0.05, 0.1) is 16.7 Å². The highest BCUT2D eigenvalue weighted by atomic mass is 35.5. The lowest BCUT2D eigenvalue weighted by Gasteiger charge is -2.58. The average Bonchev–Trinajstić information content (AvgIpc) is 2.87. The first-order valence-electron chi connectivity index (χ1n) is 11.9. The van der Waals surface area contributed by atoms with E-state index in [0.29, 0.717) is 38.7 Å². The maximum absolute atomic E-state index is 13.6. The summed E-state index contributed by atoms with van der Waals surface area (Å²) in [6, 6.07) is 7.99. The first-order valence-corrected chi connectivity index (χ1v) is 12.7. The molecule has 2 aromatic carbocycles. The van der Waals surface area contributed by atoms with Crippen LogP contribution in [-0.4, -0.2) is 49.8 Å². The highest BCUT2D eigenvalue weighted by molar-refractivity contribution is 6.31. The number of carbonyl (C=O) groups excluding carboxylic acids is 2. The van der Waals surface area contributed by atoms with Crippen molar-refractivity contribution in [1.29, 1.82) is 0 Å². The maximum Gasteiger partial charge on any atom is 0.258 e. The number of carbonyl (C=O) groups is 2. The average molecular weight is 557 g/mol. The van der Waals surface area contributed by atoms with Crippen LogP contribution in [0.2, 0.25) is 10.0 Å². The Hall–Kier alpha value is -2.62. The first kappa shape index (κ1) is 27.4. The summed E-state index contributed by atoms with van der Waals surface area (Å²) in [4.78, 5) is 25.5. The molecule has 3 aliphatic rings. The Morgan fingerprint density at radius 3 is 1.89 bits per heavy atom. The lowest BCUT2D eigenvalue weighted by Crippen LogP contribution is -2.69. The molecule has 2 bridgehead atoms. The van der Waals surface area contributed by atoms with Gasteiger partial charge in [-0.3, -0.25) is 9.59 Å². The molecule has 5 rings (SSSR count). The summed E-state index contributed by atoms with van der Waals surface area (Å²) in [6.07, 6.45) is 3.24. The summed E-state index contributed by atoms with van der Waals surface area (Å²) in [5, 5.41) is 6.19. The quantitative estimate of drug-likeness (QED) is 0.443. The fourth-order valence-electron chi connectivity index (χ4n) is 5.35. The molecule has 37 heavy (non-hydrogen) atoms. The summed E-state index contributed by atoms with van der Waals surface area (Å²) < 4.78 is 43.6. The fraction of sp³-hybridized carbons (Fsp3) is 0.462. The van der Waals surface area contributed by atoms with Crippen molar-refractivity contribution in [2.75, 3.05) is 26.9 Å². The Morgan fingerprint density at radius 2 is 1.41 bits per heavy atom. The number of methoxy groups -OCH3 is 1. The zero-order valence-electron chi connectivity index (χ0n) is 20.3. The van der Waals surface area contributed by atoms with Crippen molar-refractivity contribution in [3.05, 3.63) is 58.1 Å². The molecule has 2 amide bonds. The summed E-state index contributed by atoms with van der Waals surface area (Å²) >= 11 is 11.4. The van der Waals surface area contributed by atoms with Crippen molar-refractivity contribution in [2.45, 2.75) is 43.2 Å². The molecule has 0 spiro atoms. The predicted molar refractivity (Wildman–Crippen MR) is 134 cm³/mol. The Kier molecular flexibility index (Phi) is 8.46. The van der Waals surface area contributed by atoms with Crippen molar-refractivity contribution in [1.82, 2.24) is 10.6 Å². The number of hydrogen-bond donors (Lipinski definition) is 2. The third-order valence-corrected chi connectivity index (χ3v) is 7.81. The molecule has 2 aromatic rings. The van der Waals surface area contributed by atoms with Crippen molar-refractivity contribution in [2.24, 2.45) is 5.92 Å².